The number of rotatable bonds is 4. The second kappa shape index (κ2) is 8.40. The highest BCUT2D eigenvalue weighted by Gasteiger charge is 2.31. The van der Waals surface area contributed by atoms with Gasteiger partial charge in [0.1, 0.15) is 0 Å². The number of hydrogen-bond donors (Lipinski definition) is 1. The van der Waals surface area contributed by atoms with Crippen LogP contribution in [0.5, 0.6) is 11.5 Å². The van der Waals surface area contributed by atoms with Gasteiger partial charge in [-0.2, -0.15) is 0 Å². The van der Waals surface area contributed by atoms with Gasteiger partial charge in [0.2, 0.25) is 0 Å². The summed E-state index contributed by atoms with van der Waals surface area (Å²) in [5, 5.41) is 4.19. The van der Waals surface area contributed by atoms with E-state index in [4.69, 9.17) is 21.7 Å². The molecule has 1 unspecified atom stereocenters. The molecule has 0 saturated carbocycles. The molecule has 4 rings (SSSR count). The summed E-state index contributed by atoms with van der Waals surface area (Å²) in [7, 11) is 3.31. The molecule has 2 aromatic carbocycles. The van der Waals surface area contributed by atoms with Gasteiger partial charge in [-0.15, -0.1) is 0 Å². The Balaban J connectivity index is 1.71. The van der Waals surface area contributed by atoms with Crippen molar-refractivity contribution in [1.82, 2.24) is 9.47 Å². The molecule has 5 nitrogen and oxygen atoms in total. The lowest BCUT2D eigenvalue weighted by Gasteiger charge is -2.39. The number of thiocarbonyl (C=S) groups is 1. The Morgan fingerprint density at radius 1 is 1.00 bits per heavy atom. The maximum atomic E-state index is 5.89. The molecule has 30 heavy (non-hydrogen) atoms. The number of methoxy groups -OCH3 is 2. The van der Waals surface area contributed by atoms with Crippen molar-refractivity contribution in [1.29, 1.82) is 0 Å². The zero-order valence-corrected chi connectivity index (χ0v) is 18.6. The quantitative estimate of drug-likeness (QED) is 0.605. The first-order chi connectivity index (χ1) is 14.5. The molecule has 1 aromatic heterocycles. The van der Waals surface area contributed by atoms with Crippen LogP contribution in [0, 0.1) is 13.8 Å². The number of anilines is 1. The van der Waals surface area contributed by atoms with E-state index in [1.54, 1.807) is 14.2 Å². The summed E-state index contributed by atoms with van der Waals surface area (Å²) in [5.74, 6) is 1.43. The smallest absolute Gasteiger partial charge is 0.174 e. The van der Waals surface area contributed by atoms with Crippen molar-refractivity contribution in [2.24, 2.45) is 0 Å². The van der Waals surface area contributed by atoms with Gasteiger partial charge in [0.15, 0.2) is 16.6 Å². The second-order valence-electron chi connectivity index (χ2n) is 7.59. The molecule has 0 bridgehead atoms. The number of nitrogens with zero attached hydrogens (tertiary/aromatic N) is 2. The zero-order valence-electron chi connectivity index (χ0n) is 17.8. The summed E-state index contributed by atoms with van der Waals surface area (Å²) in [6.07, 6.45) is 2.13. The van der Waals surface area contributed by atoms with Crippen molar-refractivity contribution in [3.63, 3.8) is 0 Å². The van der Waals surface area contributed by atoms with Crippen LogP contribution in [0.15, 0.2) is 54.7 Å². The van der Waals surface area contributed by atoms with Gasteiger partial charge in [-0.05, 0) is 67.5 Å². The average molecular weight is 422 g/mol. The van der Waals surface area contributed by atoms with Crippen molar-refractivity contribution in [3.8, 4) is 11.5 Å². The highest BCUT2D eigenvalue weighted by molar-refractivity contribution is 7.80. The lowest BCUT2D eigenvalue weighted by molar-refractivity contribution is 0.291. The number of aryl methyl sites for hydroxylation is 2. The first kappa shape index (κ1) is 20.3. The van der Waals surface area contributed by atoms with Crippen LogP contribution in [0.2, 0.25) is 0 Å². The molecule has 0 saturated heterocycles. The van der Waals surface area contributed by atoms with Crippen LogP contribution in [0.4, 0.5) is 5.69 Å². The molecule has 3 aromatic rings. The standard InChI is InChI=1S/C24H27N3O2S/c1-16-7-9-19(17(2)14-16)25-24(30)27-13-12-26-11-5-6-20(26)23(27)18-8-10-21(28-3)22(15-18)29-4/h5-11,14-15,23H,12-13H2,1-4H3,(H,25,30). The number of ether oxygens (including phenoxy) is 2. The summed E-state index contributed by atoms with van der Waals surface area (Å²) in [4.78, 5) is 2.26. The molecule has 0 fully saturated rings. The zero-order chi connectivity index (χ0) is 21.3. The molecule has 1 aliphatic heterocycles. The van der Waals surface area contributed by atoms with Gasteiger partial charge in [0.05, 0.1) is 20.3 Å². The fourth-order valence-electron chi connectivity index (χ4n) is 4.12. The van der Waals surface area contributed by atoms with Crippen LogP contribution in [-0.2, 0) is 6.54 Å². The number of fused-ring (bicyclic) bond motifs is 1. The normalized spacial score (nSPS) is 15.5. The topological polar surface area (TPSA) is 38.7 Å². The molecule has 1 aliphatic rings. The van der Waals surface area contributed by atoms with Crippen molar-refractivity contribution in [2.75, 3.05) is 26.1 Å². The van der Waals surface area contributed by atoms with E-state index < -0.39 is 0 Å². The minimum absolute atomic E-state index is 0.0145. The highest BCUT2D eigenvalue weighted by Crippen LogP contribution is 2.37. The third kappa shape index (κ3) is 3.75. The number of hydrogen-bond acceptors (Lipinski definition) is 3. The molecule has 2 heterocycles. The number of nitrogens with one attached hydrogen (secondary N) is 1. The molecule has 1 atom stereocenters. The summed E-state index contributed by atoms with van der Waals surface area (Å²) in [5.41, 5.74) is 5.77. The molecule has 6 heteroatoms. The van der Waals surface area contributed by atoms with E-state index in [0.717, 1.165) is 30.1 Å². The van der Waals surface area contributed by atoms with Gasteiger partial charge in [-0.1, -0.05) is 23.8 Å². The van der Waals surface area contributed by atoms with E-state index in [1.807, 2.05) is 12.1 Å². The number of aromatic nitrogens is 1. The maximum absolute atomic E-state index is 5.89. The number of benzene rings is 2. The van der Waals surface area contributed by atoms with Crippen molar-refractivity contribution >= 4 is 23.0 Å². The minimum atomic E-state index is -0.0145. The molecule has 0 amide bonds. The predicted molar refractivity (Wildman–Crippen MR) is 125 cm³/mol. The highest BCUT2D eigenvalue weighted by atomic mass is 32.1. The van der Waals surface area contributed by atoms with Crippen LogP contribution in [0.1, 0.15) is 28.4 Å². The fourth-order valence-corrected chi connectivity index (χ4v) is 4.42. The van der Waals surface area contributed by atoms with Gasteiger partial charge in [0, 0.05) is 30.7 Å². The fraction of sp³-hybridized carbons (Fsp3) is 0.292. The largest absolute Gasteiger partial charge is 0.493 e. The summed E-state index contributed by atoms with van der Waals surface area (Å²) >= 11 is 5.89. The molecule has 0 aliphatic carbocycles. The first-order valence-electron chi connectivity index (χ1n) is 10.0. The third-order valence-electron chi connectivity index (χ3n) is 5.65. The molecule has 0 radical (unpaired) electrons. The average Bonchev–Trinajstić information content (AvgIpc) is 3.23. The van der Waals surface area contributed by atoms with Gasteiger partial charge in [-0.3, -0.25) is 0 Å². The van der Waals surface area contributed by atoms with Gasteiger partial charge >= 0.3 is 0 Å². The Labute approximate surface area is 183 Å². The summed E-state index contributed by atoms with van der Waals surface area (Å²) in [6, 6.07) is 16.7. The summed E-state index contributed by atoms with van der Waals surface area (Å²) < 4.78 is 13.3. The second-order valence-corrected chi connectivity index (χ2v) is 7.97. The maximum Gasteiger partial charge on any atom is 0.174 e. The lowest BCUT2D eigenvalue weighted by atomic mass is 9.99. The Morgan fingerprint density at radius 3 is 2.53 bits per heavy atom. The lowest BCUT2D eigenvalue weighted by Crippen LogP contribution is -2.44. The van der Waals surface area contributed by atoms with E-state index in [1.165, 1.54) is 16.8 Å². The predicted octanol–water partition coefficient (Wildman–Crippen LogP) is 4.92. The first-order valence-corrected chi connectivity index (χ1v) is 10.4. The molecule has 1 N–H and O–H groups in total. The van der Waals surface area contributed by atoms with E-state index in [-0.39, 0.29) is 6.04 Å². The van der Waals surface area contributed by atoms with Crippen molar-refractivity contribution in [3.05, 3.63) is 77.1 Å². The Morgan fingerprint density at radius 2 is 1.80 bits per heavy atom. The third-order valence-corrected chi connectivity index (χ3v) is 5.98. The van der Waals surface area contributed by atoms with Crippen LogP contribution in [0.25, 0.3) is 0 Å². The Bertz CT molecular complexity index is 1080. The van der Waals surface area contributed by atoms with Crippen LogP contribution in [0.3, 0.4) is 0 Å². The van der Waals surface area contributed by atoms with E-state index in [2.05, 4.69) is 71.2 Å². The van der Waals surface area contributed by atoms with Gasteiger partial charge in [-0.25, -0.2) is 0 Å². The van der Waals surface area contributed by atoms with Crippen molar-refractivity contribution in [2.45, 2.75) is 26.4 Å². The van der Waals surface area contributed by atoms with Crippen LogP contribution < -0.4 is 14.8 Å². The SMILES string of the molecule is COc1ccc(C2c3cccn3CCN2C(=S)Nc2ccc(C)cc2C)cc1OC. The summed E-state index contributed by atoms with van der Waals surface area (Å²) in [6.45, 7) is 5.91. The van der Waals surface area contributed by atoms with Crippen LogP contribution in [-0.4, -0.2) is 35.3 Å². The van der Waals surface area contributed by atoms with Gasteiger partial charge in [0.25, 0.3) is 0 Å². The van der Waals surface area contributed by atoms with Crippen LogP contribution >= 0.6 is 12.2 Å². The molecular formula is C24H27N3O2S. The van der Waals surface area contributed by atoms with E-state index >= 15 is 0 Å². The monoisotopic (exact) mass is 421 g/mol. The van der Waals surface area contributed by atoms with Gasteiger partial charge < -0.3 is 24.3 Å². The Hall–Kier alpha value is -2.99. The van der Waals surface area contributed by atoms with Crippen molar-refractivity contribution < 1.29 is 9.47 Å². The Kier molecular flexibility index (Phi) is 5.68. The molecule has 156 valence electrons. The van der Waals surface area contributed by atoms with E-state index in [0.29, 0.717) is 10.9 Å². The molecular weight excluding hydrogens is 394 g/mol. The minimum Gasteiger partial charge on any atom is -0.493 e. The molecule has 0 spiro atoms. The van der Waals surface area contributed by atoms with E-state index in [9.17, 15) is 0 Å².